The van der Waals surface area contributed by atoms with Gasteiger partial charge in [-0.05, 0) is 6.92 Å². The van der Waals surface area contributed by atoms with Gasteiger partial charge in [0.1, 0.15) is 10.6 Å². The van der Waals surface area contributed by atoms with Gasteiger partial charge in [0.2, 0.25) is 5.89 Å². The highest BCUT2D eigenvalue weighted by atomic mass is 32.2. The fourth-order valence-corrected chi connectivity index (χ4v) is 3.17. The molecule has 1 aromatic carbocycles. The van der Waals surface area contributed by atoms with Gasteiger partial charge in [0, 0.05) is 11.3 Å². The Morgan fingerprint density at radius 2 is 2.08 bits per heavy atom. The Morgan fingerprint density at radius 1 is 1.32 bits per heavy atom. The summed E-state index contributed by atoms with van der Waals surface area (Å²) in [4.78, 5) is 34.1. The molecule has 0 spiro atoms. The van der Waals surface area contributed by atoms with Crippen LogP contribution in [-0.4, -0.2) is 28.0 Å². The maximum atomic E-state index is 11.9. The lowest BCUT2D eigenvalue weighted by molar-refractivity contribution is 0.0594. The Bertz CT molecular complexity index is 950. The van der Waals surface area contributed by atoms with Gasteiger partial charge >= 0.3 is 11.7 Å². The molecule has 0 bridgehead atoms. The number of nitrogens with one attached hydrogen (secondary N) is 1. The first-order chi connectivity index (χ1) is 12.1. The van der Waals surface area contributed by atoms with Crippen molar-refractivity contribution in [1.82, 2.24) is 15.0 Å². The van der Waals surface area contributed by atoms with Gasteiger partial charge in [-0.25, -0.2) is 14.6 Å². The number of thioether (sulfide) groups is 1. The van der Waals surface area contributed by atoms with Crippen LogP contribution in [0, 0.1) is 6.92 Å². The molecule has 0 unspecified atom stereocenters. The van der Waals surface area contributed by atoms with E-state index in [0.29, 0.717) is 23.1 Å². The van der Waals surface area contributed by atoms with Crippen LogP contribution in [0.3, 0.4) is 0 Å². The molecule has 128 valence electrons. The number of hydrogen-bond donors (Lipinski definition) is 1. The zero-order valence-corrected chi connectivity index (χ0v) is 14.4. The third-order valence-electron chi connectivity index (χ3n) is 3.42. The van der Waals surface area contributed by atoms with Gasteiger partial charge in [-0.1, -0.05) is 42.1 Å². The molecular weight excluding hydrogens is 342 g/mol. The molecule has 2 aromatic heterocycles. The minimum atomic E-state index is -0.555. The summed E-state index contributed by atoms with van der Waals surface area (Å²) in [5.74, 6) is 0.896. The molecule has 8 heteroatoms. The number of hydrogen-bond acceptors (Lipinski definition) is 7. The van der Waals surface area contributed by atoms with Crippen molar-refractivity contribution in [1.29, 1.82) is 0 Å². The van der Waals surface area contributed by atoms with Gasteiger partial charge in [0.05, 0.1) is 19.1 Å². The Hall–Kier alpha value is -2.87. The highest BCUT2D eigenvalue weighted by molar-refractivity contribution is 7.98. The van der Waals surface area contributed by atoms with Crippen LogP contribution in [0.1, 0.15) is 21.9 Å². The highest BCUT2D eigenvalue weighted by Crippen LogP contribution is 2.27. The number of benzene rings is 1. The van der Waals surface area contributed by atoms with Crippen LogP contribution in [0.5, 0.6) is 0 Å². The Labute approximate surface area is 147 Å². The molecule has 0 saturated carbocycles. The van der Waals surface area contributed by atoms with E-state index < -0.39 is 11.7 Å². The van der Waals surface area contributed by atoms with Gasteiger partial charge in [-0.2, -0.15) is 4.98 Å². The number of esters is 1. The second-order valence-corrected chi connectivity index (χ2v) is 6.08. The average Bonchev–Trinajstić information content (AvgIpc) is 3.08. The Morgan fingerprint density at radius 3 is 2.80 bits per heavy atom. The van der Waals surface area contributed by atoms with E-state index in [4.69, 9.17) is 9.15 Å². The van der Waals surface area contributed by atoms with E-state index in [9.17, 15) is 9.59 Å². The maximum Gasteiger partial charge on any atom is 0.346 e. The molecule has 0 amide bonds. The van der Waals surface area contributed by atoms with Crippen molar-refractivity contribution in [3.8, 4) is 11.3 Å². The van der Waals surface area contributed by atoms with Crippen molar-refractivity contribution in [2.45, 2.75) is 17.7 Å². The summed E-state index contributed by atoms with van der Waals surface area (Å²) >= 11 is 1.19. The monoisotopic (exact) mass is 357 g/mol. The first kappa shape index (κ1) is 17.0. The number of oxazole rings is 1. The van der Waals surface area contributed by atoms with Crippen LogP contribution >= 0.6 is 11.8 Å². The fourth-order valence-electron chi connectivity index (χ4n) is 2.25. The molecular formula is C17H15N3O4S. The zero-order chi connectivity index (χ0) is 17.8. The largest absolute Gasteiger partial charge is 0.465 e. The topological polar surface area (TPSA) is 98.1 Å². The molecule has 2 heterocycles. The van der Waals surface area contributed by atoms with E-state index in [0.717, 1.165) is 5.56 Å². The first-order valence-electron chi connectivity index (χ1n) is 7.40. The van der Waals surface area contributed by atoms with Crippen LogP contribution in [0.2, 0.25) is 0 Å². The second kappa shape index (κ2) is 7.35. The van der Waals surface area contributed by atoms with E-state index in [1.165, 1.54) is 18.9 Å². The van der Waals surface area contributed by atoms with E-state index in [1.807, 2.05) is 30.3 Å². The smallest absolute Gasteiger partial charge is 0.346 e. The van der Waals surface area contributed by atoms with Crippen LogP contribution < -0.4 is 5.69 Å². The van der Waals surface area contributed by atoms with Gasteiger partial charge in [-0.15, -0.1) is 0 Å². The number of aromatic nitrogens is 3. The highest BCUT2D eigenvalue weighted by Gasteiger charge is 2.19. The molecule has 0 atom stereocenters. The minimum Gasteiger partial charge on any atom is -0.465 e. The average molecular weight is 357 g/mol. The third kappa shape index (κ3) is 3.80. The number of methoxy groups -OCH3 is 1. The van der Waals surface area contributed by atoms with Gasteiger partial charge in [0.15, 0.2) is 5.76 Å². The molecule has 3 rings (SSSR count). The summed E-state index contributed by atoms with van der Waals surface area (Å²) < 4.78 is 10.5. The quantitative estimate of drug-likeness (QED) is 0.426. The van der Waals surface area contributed by atoms with Crippen LogP contribution in [-0.2, 0) is 10.5 Å². The number of rotatable bonds is 5. The van der Waals surface area contributed by atoms with Gasteiger partial charge < -0.3 is 14.1 Å². The summed E-state index contributed by atoms with van der Waals surface area (Å²) in [7, 11) is 1.28. The molecule has 25 heavy (non-hydrogen) atoms. The van der Waals surface area contributed by atoms with Crippen molar-refractivity contribution in [3.05, 3.63) is 64.2 Å². The number of H-pyrrole nitrogens is 1. The first-order valence-corrected chi connectivity index (χ1v) is 8.39. The van der Waals surface area contributed by atoms with Crippen molar-refractivity contribution < 1.29 is 13.9 Å². The summed E-state index contributed by atoms with van der Waals surface area (Å²) in [5, 5.41) is 0.285. The molecule has 7 nitrogen and oxygen atoms in total. The lowest BCUT2D eigenvalue weighted by Gasteiger charge is -2.07. The number of aryl methyl sites for hydroxylation is 1. The third-order valence-corrected chi connectivity index (χ3v) is 4.38. The van der Waals surface area contributed by atoms with Gasteiger partial charge in [-0.3, -0.25) is 0 Å². The maximum absolute atomic E-state index is 11.9. The molecule has 0 radical (unpaired) electrons. The summed E-state index contributed by atoms with van der Waals surface area (Å²) in [6, 6.07) is 9.60. The fraction of sp³-hybridized carbons (Fsp3) is 0.176. The lowest BCUT2D eigenvalue weighted by atomic mass is 10.2. The van der Waals surface area contributed by atoms with Crippen molar-refractivity contribution in [2.24, 2.45) is 0 Å². The van der Waals surface area contributed by atoms with E-state index in [1.54, 1.807) is 13.1 Å². The van der Waals surface area contributed by atoms with Crippen molar-refractivity contribution >= 4 is 17.7 Å². The standard InChI is InChI=1S/C17H15N3O4S/c1-10-14(16(21)23-2)15(20-17(22)19-10)25-9-13-18-8-12(24-13)11-6-4-3-5-7-11/h3-8H,9H2,1-2H3,(H,19,20,22). The minimum absolute atomic E-state index is 0.238. The number of ether oxygens (including phenoxy) is 1. The molecule has 3 aromatic rings. The van der Waals surface area contributed by atoms with E-state index in [-0.39, 0.29) is 10.6 Å². The van der Waals surface area contributed by atoms with Crippen molar-refractivity contribution in [2.75, 3.05) is 7.11 Å². The van der Waals surface area contributed by atoms with Gasteiger partial charge in [0.25, 0.3) is 0 Å². The van der Waals surface area contributed by atoms with Crippen LogP contribution in [0.15, 0.2) is 50.8 Å². The van der Waals surface area contributed by atoms with E-state index in [2.05, 4.69) is 15.0 Å². The lowest BCUT2D eigenvalue weighted by Crippen LogP contribution is -2.19. The van der Waals surface area contributed by atoms with Crippen LogP contribution in [0.4, 0.5) is 0 Å². The number of carbonyl (C=O) groups excluding carboxylic acids is 1. The molecule has 0 saturated heterocycles. The predicted molar refractivity (Wildman–Crippen MR) is 92.4 cm³/mol. The van der Waals surface area contributed by atoms with Crippen molar-refractivity contribution in [3.63, 3.8) is 0 Å². The molecule has 0 aliphatic carbocycles. The molecule has 0 aliphatic rings. The van der Waals surface area contributed by atoms with Crippen LogP contribution in [0.25, 0.3) is 11.3 Å². The number of aromatic amines is 1. The Balaban J connectivity index is 1.82. The number of nitrogens with zero attached hydrogens (tertiary/aromatic N) is 2. The zero-order valence-electron chi connectivity index (χ0n) is 13.6. The number of carbonyl (C=O) groups is 1. The summed E-state index contributed by atoms with van der Waals surface area (Å²) in [5.41, 5.74) is 1.05. The predicted octanol–water partition coefficient (Wildman–Crippen LogP) is 2.81. The Kier molecular flexibility index (Phi) is 4.99. The summed E-state index contributed by atoms with van der Waals surface area (Å²) in [6.07, 6.45) is 1.64. The molecule has 0 aliphatic heterocycles. The molecule has 1 N–H and O–H groups in total. The van der Waals surface area contributed by atoms with E-state index >= 15 is 0 Å². The molecule has 0 fully saturated rings. The SMILES string of the molecule is COC(=O)c1c(SCc2ncc(-c3ccccc3)o2)nc(=O)[nH]c1C. The second-order valence-electron chi connectivity index (χ2n) is 5.11. The normalized spacial score (nSPS) is 10.6. The summed E-state index contributed by atoms with van der Waals surface area (Å²) in [6.45, 7) is 1.62.